The summed E-state index contributed by atoms with van der Waals surface area (Å²) in [5.41, 5.74) is 1.89. The van der Waals surface area contributed by atoms with Gasteiger partial charge >= 0.3 is 0 Å². The van der Waals surface area contributed by atoms with Crippen LogP contribution in [0.1, 0.15) is 40.0 Å². The molecule has 1 saturated heterocycles. The quantitative estimate of drug-likeness (QED) is 0.614. The zero-order chi connectivity index (χ0) is 10.2. The number of allylic oxidation sites excluding steroid dienone is 3. The van der Waals surface area contributed by atoms with Gasteiger partial charge in [0.2, 0.25) is 0 Å². The van der Waals surface area contributed by atoms with Crippen molar-refractivity contribution in [2.75, 3.05) is 6.54 Å². The standard InChI is InChI=1S/C13H21N/c1-4-11-8-9-12-7-5-6-10-14(12)13(11,2)3/h5-7,11H,4,8-10H2,1-3H3. The average molecular weight is 191 g/mol. The van der Waals surface area contributed by atoms with E-state index in [1.807, 2.05) is 0 Å². The summed E-state index contributed by atoms with van der Waals surface area (Å²) in [5.74, 6) is 0.853. The molecule has 0 N–H and O–H groups in total. The van der Waals surface area contributed by atoms with Crippen molar-refractivity contribution in [1.29, 1.82) is 0 Å². The lowest BCUT2D eigenvalue weighted by atomic mass is 9.76. The Kier molecular flexibility index (Phi) is 2.42. The largest absolute Gasteiger partial charge is 0.366 e. The topological polar surface area (TPSA) is 3.24 Å². The van der Waals surface area contributed by atoms with Crippen molar-refractivity contribution in [3.8, 4) is 0 Å². The average Bonchev–Trinajstić information content (AvgIpc) is 2.18. The normalized spacial score (nSPS) is 29.8. The van der Waals surface area contributed by atoms with Crippen molar-refractivity contribution in [1.82, 2.24) is 4.90 Å². The summed E-state index contributed by atoms with van der Waals surface area (Å²) in [6.45, 7) is 8.22. The van der Waals surface area contributed by atoms with Crippen molar-refractivity contribution in [2.45, 2.75) is 45.6 Å². The fraction of sp³-hybridized carbons (Fsp3) is 0.692. The fourth-order valence-electron chi connectivity index (χ4n) is 2.98. The van der Waals surface area contributed by atoms with E-state index in [9.17, 15) is 0 Å². The summed E-state index contributed by atoms with van der Waals surface area (Å²) >= 11 is 0. The molecule has 2 aliphatic heterocycles. The molecule has 2 aliphatic rings. The van der Waals surface area contributed by atoms with E-state index >= 15 is 0 Å². The smallest absolute Gasteiger partial charge is 0.0374 e. The molecule has 0 radical (unpaired) electrons. The molecule has 0 aromatic rings. The maximum atomic E-state index is 2.59. The van der Waals surface area contributed by atoms with Gasteiger partial charge in [-0.2, -0.15) is 0 Å². The SMILES string of the molecule is CCC1CCC2=CC=CCN2C1(C)C. The summed E-state index contributed by atoms with van der Waals surface area (Å²) in [6.07, 6.45) is 10.7. The molecule has 2 heterocycles. The third-order valence-electron chi connectivity index (χ3n) is 4.00. The Balaban J connectivity index is 2.25. The van der Waals surface area contributed by atoms with Crippen LogP contribution in [-0.2, 0) is 0 Å². The van der Waals surface area contributed by atoms with Crippen LogP contribution in [0.3, 0.4) is 0 Å². The van der Waals surface area contributed by atoms with Gasteiger partial charge in [-0.05, 0) is 38.7 Å². The lowest BCUT2D eigenvalue weighted by Gasteiger charge is -2.51. The minimum Gasteiger partial charge on any atom is -0.366 e. The van der Waals surface area contributed by atoms with Crippen LogP contribution in [0.5, 0.6) is 0 Å². The highest BCUT2D eigenvalue weighted by molar-refractivity contribution is 5.22. The number of hydrogen-bond donors (Lipinski definition) is 0. The van der Waals surface area contributed by atoms with Gasteiger partial charge in [0.1, 0.15) is 0 Å². The summed E-state index contributed by atoms with van der Waals surface area (Å²) in [4.78, 5) is 2.59. The molecule has 2 rings (SSSR count). The predicted molar refractivity (Wildman–Crippen MR) is 61.0 cm³/mol. The second-order valence-electron chi connectivity index (χ2n) is 4.99. The first kappa shape index (κ1) is 9.82. The molecule has 0 bridgehead atoms. The first-order valence-electron chi connectivity index (χ1n) is 5.79. The third kappa shape index (κ3) is 1.39. The second-order valence-corrected chi connectivity index (χ2v) is 4.99. The van der Waals surface area contributed by atoms with Crippen LogP contribution < -0.4 is 0 Å². The Labute approximate surface area is 87.5 Å². The molecule has 1 unspecified atom stereocenters. The van der Waals surface area contributed by atoms with Crippen molar-refractivity contribution in [3.63, 3.8) is 0 Å². The summed E-state index contributed by atoms with van der Waals surface area (Å²) in [5, 5.41) is 0. The number of nitrogens with zero attached hydrogens (tertiary/aromatic N) is 1. The van der Waals surface area contributed by atoms with E-state index in [0.717, 1.165) is 12.5 Å². The molecule has 0 amide bonds. The van der Waals surface area contributed by atoms with Crippen molar-refractivity contribution in [2.24, 2.45) is 5.92 Å². The molecule has 0 aliphatic carbocycles. The molecule has 1 atom stereocenters. The van der Waals surface area contributed by atoms with Gasteiger partial charge in [0.05, 0.1) is 0 Å². The van der Waals surface area contributed by atoms with E-state index in [0.29, 0.717) is 5.54 Å². The van der Waals surface area contributed by atoms with Crippen molar-refractivity contribution >= 4 is 0 Å². The van der Waals surface area contributed by atoms with Crippen LogP contribution in [0.15, 0.2) is 23.9 Å². The van der Waals surface area contributed by atoms with Gasteiger partial charge in [0.15, 0.2) is 0 Å². The first-order chi connectivity index (χ1) is 6.66. The summed E-state index contributed by atoms with van der Waals surface area (Å²) in [6, 6.07) is 0. The lowest BCUT2D eigenvalue weighted by Crippen LogP contribution is -2.52. The van der Waals surface area contributed by atoms with Crippen LogP contribution in [0.2, 0.25) is 0 Å². The molecule has 1 nitrogen and oxygen atoms in total. The Morgan fingerprint density at radius 3 is 3.00 bits per heavy atom. The van der Waals surface area contributed by atoms with Gasteiger partial charge < -0.3 is 4.90 Å². The number of fused-ring (bicyclic) bond motifs is 1. The van der Waals surface area contributed by atoms with Gasteiger partial charge in [0.25, 0.3) is 0 Å². The first-order valence-corrected chi connectivity index (χ1v) is 5.79. The van der Waals surface area contributed by atoms with E-state index < -0.39 is 0 Å². The van der Waals surface area contributed by atoms with Gasteiger partial charge in [-0.1, -0.05) is 25.5 Å². The number of piperidine rings is 1. The molecular formula is C13H21N. The molecule has 1 heteroatoms. The molecule has 0 saturated carbocycles. The third-order valence-corrected chi connectivity index (χ3v) is 4.00. The van der Waals surface area contributed by atoms with E-state index in [4.69, 9.17) is 0 Å². The zero-order valence-corrected chi connectivity index (χ0v) is 9.59. The molecule has 1 fully saturated rings. The maximum Gasteiger partial charge on any atom is 0.0374 e. The van der Waals surface area contributed by atoms with Crippen LogP contribution in [0.4, 0.5) is 0 Å². The van der Waals surface area contributed by atoms with Crippen LogP contribution >= 0.6 is 0 Å². The van der Waals surface area contributed by atoms with E-state index in [-0.39, 0.29) is 0 Å². The minimum absolute atomic E-state index is 0.351. The molecule has 78 valence electrons. The predicted octanol–water partition coefficient (Wildman–Crippen LogP) is 3.34. The number of rotatable bonds is 1. The van der Waals surface area contributed by atoms with Gasteiger partial charge in [-0.15, -0.1) is 0 Å². The molecule has 0 aromatic heterocycles. The molecular weight excluding hydrogens is 170 g/mol. The lowest BCUT2D eigenvalue weighted by molar-refractivity contribution is 0.0646. The molecule has 0 spiro atoms. The van der Waals surface area contributed by atoms with E-state index in [1.54, 1.807) is 5.70 Å². The highest BCUT2D eigenvalue weighted by Crippen LogP contribution is 2.40. The van der Waals surface area contributed by atoms with Crippen LogP contribution in [0.25, 0.3) is 0 Å². The Hall–Kier alpha value is -0.720. The minimum atomic E-state index is 0.351. The monoisotopic (exact) mass is 191 g/mol. The summed E-state index contributed by atoms with van der Waals surface area (Å²) in [7, 11) is 0. The Bertz CT molecular complexity index is 273. The second kappa shape index (κ2) is 3.45. The van der Waals surface area contributed by atoms with Crippen LogP contribution in [-0.4, -0.2) is 17.0 Å². The van der Waals surface area contributed by atoms with Crippen molar-refractivity contribution < 1.29 is 0 Å². The van der Waals surface area contributed by atoms with Gasteiger partial charge in [0, 0.05) is 17.8 Å². The maximum absolute atomic E-state index is 2.59. The number of hydrogen-bond acceptors (Lipinski definition) is 1. The molecule has 0 aromatic carbocycles. The highest BCUT2D eigenvalue weighted by Gasteiger charge is 2.38. The molecule has 14 heavy (non-hydrogen) atoms. The fourth-order valence-corrected chi connectivity index (χ4v) is 2.98. The van der Waals surface area contributed by atoms with Crippen molar-refractivity contribution in [3.05, 3.63) is 23.9 Å². The zero-order valence-electron chi connectivity index (χ0n) is 9.59. The van der Waals surface area contributed by atoms with Crippen LogP contribution in [0, 0.1) is 5.92 Å². The summed E-state index contributed by atoms with van der Waals surface area (Å²) < 4.78 is 0. The Morgan fingerprint density at radius 2 is 2.29 bits per heavy atom. The Morgan fingerprint density at radius 1 is 1.50 bits per heavy atom. The van der Waals surface area contributed by atoms with Gasteiger partial charge in [-0.3, -0.25) is 0 Å². The highest BCUT2D eigenvalue weighted by atomic mass is 15.2. The van der Waals surface area contributed by atoms with E-state index in [1.165, 1.54) is 19.3 Å². The van der Waals surface area contributed by atoms with E-state index in [2.05, 4.69) is 43.9 Å². The van der Waals surface area contributed by atoms with Gasteiger partial charge in [-0.25, -0.2) is 0 Å².